The first-order valence-corrected chi connectivity index (χ1v) is 17.6. The van der Waals surface area contributed by atoms with E-state index in [0.29, 0.717) is 124 Å². The monoisotopic (exact) mass is 673 g/mol. The van der Waals surface area contributed by atoms with E-state index >= 15 is 0 Å². The Labute approximate surface area is 271 Å². The van der Waals surface area contributed by atoms with E-state index in [1.165, 1.54) is 18.9 Å². The van der Waals surface area contributed by atoms with Crippen LogP contribution >= 0.6 is 21.6 Å². The molecule has 0 aromatic heterocycles. The fourth-order valence-electron chi connectivity index (χ4n) is 3.00. The number of ketones is 1. The van der Waals surface area contributed by atoms with E-state index < -0.39 is 12.0 Å². The van der Waals surface area contributed by atoms with Gasteiger partial charge in [0.25, 0.3) is 0 Å². The molecule has 0 aliphatic heterocycles. The molecule has 0 saturated heterocycles. The van der Waals surface area contributed by atoms with Crippen molar-refractivity contribution >= 4 is 39.2 Å². The van der Waals surface area contributed by atoms with Crippen molar-refractivity contribution in [2.24, 2.45) is 5.92 Å². The summed E-state index contributed by atoms with van der Waals surface area (Å²) in [5.74, 6) is 0.499. The number of carboxylic acids is 1. The molecule has 0 aromatic carbocycles. The minimum absolute atomic E-state index is 0.0543. The quantitative estimate of drug-likeness (QED) is 0.0787. The van der Waals surface area contributed by atoms with E-state index in [2.05, 4.69) is 0 Å². The average molecular weight is 674 g/mol. The maximum atomic E-state index is 11.9. The van der Waals surface area contributed by atoms with Gasteiger partial charge in [-0.2, -0.15) is 0 Å². The number of hydrogen-bond acceptors (Lipinski definition) is 13. The predicted octanol–water partition coefficient (Wildman–Crippen LogP) is 2.44. The van der Waals surface area contributed by atoms with E-state index in [0.717, 1.165) is 5.75 Å². The van der Waals surface area contributed by atoms with Gasteiger partial charge in [0.15, 0.2) is 0 Å². The second-order valence-corrected chi connectivity index (χ2v) is 12.4. The van der Waals surface area contributed by atoms with Gasteiger partial charge in [0.05, 0.1) is 106 Å². The maximum Gasteiger partial charge on any atom is 0.326 e. The number of hydrogen-bond donors (Lipinski definition) is 1. The third-order valence-corrected chi connectivity index (χ3v) is 8.24. The molecule has 0 aliphatic rings. The summed E-state index contributed by atoms with van der Waals surface area (Å²) < 4.78 is 43.6. The summed E-state index contributed by atoms with van der Waals surface area (Å²) in [6.07, 6.45) is 0.754. The third kappa shape index (κ3) is 28.5. The number of carbonyl (C=O) groups excluding carboxylic acids is 2. The Kier molecular flexibility index (Phi) is 31.2. The van der Waals surface area contributed by atoms with Crippen molar-refractivity contribution < 1.29 is 57.4 Å². The van der Waals surface area contributed by atoms with Crippen LogP contribution in [0.2, 0.25) is 0 Å². The van der Waals surface area contributed by atoms with Gasteiger partial charge >= 0.3 is 5.97 Å². The summed E-state index contributed by atoms with van der Waals surface area (Å²) in [7, 11) is 4.70. The van der Waals surface area contributed by atoms with Crippen molar-refractivity contribution in [3.63, 3.8) is 0 Å². The van der Waals surface area contributed by atoms with Crippen molar-refractivity contribution in [2.45, 2.75) is 39.7 Å². The van der Waals surface area contributed by atoms with Crippen LogP contribution in [0.15, 0.2) is 0 Å². The number of ether oxygens (including phenoxy) is 8. The predicted molar refractivity (Wildman–Crippen MR) is 170 cm³/mol. The Hall–Kier alpha value is -1.01. The summed E-state index contributed by atoms with van der Waals surface area (Å²) >= 11 is 0. The highest BCUT2D eigenvalue weighted by Crippen LogP contribution is 2.22. The molecule has 0 aromatic rings. The number of carboxylic acid groups (broad SMARTS) is 1. The molecule has 15 heteroatoms. The lowest BCUT2D eigenvalue weighted by atomic mass is 10.1. The van der Waals surface area contributed by atoms with E-state index in [1.54, 1.807) is 21.6 Å². The van der Waals surface area contributed by atoms with E-state index in [9.17, 15) is 14.4 Å². The largest absolute Gasteiger partial charge is 0.480 e. The van der Waals surface area contributed by atoms with Crippen LogP contribution in [0.5, 0.6) is 0 Å². The zero-order valence-electron chi connectivity index (χ0n) is 27.0. The molecule has 0 fully saturated rings. The molecule has 0 radical (unpaired) electrons. The molecule has 1 amide bonds. The molecule has 1 atom stereocenters. The second-order valence-electron chi connectivity index (χ2n) is 9.68. The van der Waals surface area contributed by atoms with Crippen LogP contribution in [0.4, 0.5) is 0 Å². The smallest absolute Gasteiger partial charge is 0.326 e. The number of amides is 1. The lowest BCUT2D eigenvalue weighted by molar-refractivity contribution is -0.148. The topological polar surface area (TPSA) is 149 Å². The van der Waals surface area contributed by atoms with E-state index in [-0.39, 0.29) is 17.6 Å². The standard InChI is InChI=1S/C29H55NO12S2/c1-25(2)27(31)5-7-35-8-9-36-10-11-37-12-13-38-14-15-39-16-17-40-18-19-41-20-21-42-22-24-44-43-23-6-28(32)30(4)26(3)29(33)34/h25-26H,5-24H2,1-4H3,(H,33,34). The number of rotatable bonds is 34. The van der Waals surface area contributed by atoms with Gasteiger partial charge in [0, 0.05) is 37.3 Å². The Morgan fingerprint density at radius 3 is 1.25 bits per heavy atom. The SMILES string of the molecule is CC(C)C(=O)CCOCCOCCOCCOCCOCCOCCOCCOCCSSCCC(=O)N(C)C(C)C(=O)O. The number of nitrogens with zero attached hydrogens (tertiary/aromatic N) is 1. The summed E-state index contributed by atoms with van der Waals surface area (Å²) in [5.41, 5.74) is 0. The Bertz CT molecular complexity index is 705. The lowest BCUT2D eigenvalue weighted by Gasteiger charge is -2.21. The van der Waals surface area contributed by atoms with Gasteiger partial charge in [0.1, 0.15) is 11.8 Å². The molecular weight excluding hydrogens is 618 g/mol. The van der Waals surface area contributed by atoms with Crippen molar-refractivity contribution in [1.82, 2.24) is 4.90 Å². The fourth-order valence-corrected chi connectivity index (χ4v) is 4.84. The zero-order valence-corrected chi connectivity index (χ0v) is 28.6. The molecule has 0 spiro atoms. The molecule has 1 unspecified atom stereocenters. The van der Waals surface area contributed by atoms with Gasteiger partial charge in [-0.05, 0) is 6.92 Å². The Balaban J connectivity index is 3.19. The van der Waals surface area contributed by atoms with Crippen molar-refractivity contribution in [3.05, 3.63) is 0 Å². The van der Waals surface area contributed by atoms with Crippen LogP contribution in [0.25, 0.3) is 0 Å². The molecule has 13 nitrogen and oxygen atoms in total. The minimum Gasteiger partial charge on any atom is -0.480 e. The van der Waals surface area contributed by atoms with Gasteiger partial charge in [-0.15, -0.1) is 0 Å². The highest BCUT2D eigenvalue weighted by Gasteiger charge is 2.21. The van der Waals surface area contributed by atoms with Crippen LogP contribution in [-0.4, -0.2) is 158 Å². The van der Waals surface area contributed by atoms with Gasteiger partial charge in [-0.1, -0.05) is 35.4 Å². The average Bonchev–Trinajstić information content (AvgIpc) is 3.00. The summed E-state index contributed by atoms with van der Waals surface area (Å²) in [4.78, 5) is 35.6. The number of Topliss-reactive ketones (excluding diaryl/α,β-unsaturated/α-hetero) is 1. The van der Waals surface area contributed by atoms with Gasteiger partial charge in [0.2, 0.25) is 5.91 Å². The van der Waals surface area contributed by atoms with Crippen LogP contribution in [-0.2, 0) is 52.3 Å². The molecule has 0 saturated carbocycles. The van der Waals surface area contributed by atoms with E-state index in [1.807, 2.05) is 13.8 Å². The fraction of sp³-hybridized carbons (Fsp3) is 0.897. The maximum absolute atomic E-state index is 11.9. The highest BCUT2D eigenvalue weighted by molar-refractivity contribution is 8.76. The lowest BCUT2D eigenvalue weighted by Crippen LogP contribution is -2.40. The number of aliphatic carboxylic acids is 1. The number of likely N-dealkylation sites (N-methyl/N-ethyl adjacent to an activating group) is 1. The molecule has 0 heterocycles. The summed E-state index contributed by atoms with van der Waals surface area (Å²) in [6, 6.07) is -0.818. The van der Waals surface area contributed by atoms with Crippen LogP contribution < -0.4 is 0 Å². The molecule has 0 bridgehead atoms. The Morgan fingerprint density at radius 1 is 0.545 bits per heavy atom. The van der Waals surface area contributed by atoms with Crippen LogP contribution in [0, 0.1) is 5.92 Å². The first-order chi connectivity index (χ1) is 21.3. The van der Waals surface area contributed by atoms with Gasteiger partial charge < -0.3 is 47.9 Å². The van der Waals surface area contributed by atoms with Crippen molar-refractivity contribution in [3.8, 4) is 0 Å². The van der Waals surface area contributed by atoms with Crippen molar-refractivity contribution in [2.75, 3.05) is 124 Å². The van der Waals surface area contributed by atoms with Gasteiger partial charge in [-0.25, -0.2) is 4.79 Å². The molecule has 0 aliphatic carbocycles. The molecule has 0 rings (SSSR count). The molecule has 1 N–H and O–H groups in total. The van der Waals surface area contributed by atoms with E-state index in [4.69, 9.17) is 43.0 Å². The second kappa shape index (κ2) is 32.0. The highest BCUT2D eigenvalue weighted by atomic mass is 33.1. The van der Waals surface area contributed by atoms with Gasteiger partial charge in [-0.3, -0.25) is 9.59 Å². The minimum atomic E-state index is -1.01. The Morgan fingerprint density at radius 2 is 0.886 bits per heavy atom. The van der Waals surface area contributed by atoms with Crippen LogP contribution in [0.1, 0.15) is 33.6 Å². The van der Waals surface area contributed by atoms with Crippen molar-refractivity contribution in [1.29, 1.82) is 0 Å². The van der Waals surface area contributed by atoms with Crippen LogP contribution in [0.3, 0.4) is 0 Å². The molecule has 44 heavy (non-hydrogen) atoms. The molecular formula is C29H55NO12S2. The summed E-state index contributed by atoms with van der Waals surface area (Å²) in [5, 5.41) is 8.94. The normalized spacial score (nSPS) is 12.1. The first-order valence-electron chi connectivity index (χ1n) is 15.1. The third-order valence-electron chi connectivity index (χ3n) is 5.87. The zero-order chi connectivity index (χ0) is 32.7. The number of carbonyl (C=O) groups is 3. The molecule has 260 valence electrons. The summed E-state index contributed by atoms with van der Waals surface area (Å²) in [6.45, 7) is 13.1. The first kappa shape index (κ1) is 43.0.